The van der Waals surface area contributed by atoms with Crippen molar-refractivity contribution in [2.45, 2.75) is 32.2 Å². The molecule has 25 heavy (non-hydrogen) atoms. The smallest absolute Gasteiger partial charge is 0.315 e. The molecule has 132 valence electrons. The van der Waals surface area contributed by atoms with Crippen LogP contribution >= 0.6 is 0 Å². The molecule has 3 rings (SSSR count). The molecule has 1 saturated heterocycles. The maximum absolute atomic E-state index is 12.1. The van der Waals surface area contributed by atoms with Crippen LogP contribution < -0.4 is 15.5 Å². The summed E-state index contributed by atoms with van der Waals surface area (Å²) < 4.78 is 0. The quantitative estimate of drug-likeness (QED) is 0.850. The average Bonchev–Trinajstić information content (AvgIpc) is 3.17. The number of carbonyl (C=O) groups is 1. The van der Waals surface area contributed by atoms with Crippen molar-refractivity contribution in [1.82, 2.24) is 15.6 Å². The number of aromatic nitrogens is 1. The van der Waals surface area contributed by atoms with Crippen LogP contribution in [0, 0.1) is 0 Å². The van der Waals surface area contributed by atoms with E-state index in [-0.39, 0.29) is 12.1 Å². The third-order valence-electron chi connectivity index (χ3n) is 4.58. The van der Waals surface area contributed by atoms with Crippen LogP contribution in [0.25, 0.3) is 0 Å². The van der Waals surface area contributed by atoms with Crippen LogP contribution in [0.2, 0.25) is 0 Å². The fourth-order valence-electron chi connectivity index (χ4n) is 3.15. The Morgan fingerprint density at radius 2 is 2.04 bits per heavy atom. The van der Waals surface area contributed by atoms with E-state index < -0.39 is 0 Å². The monoisotopic (exact) mass is 338 g/mol. The molecule has 1 unspecified atom stereocenters. The van der Waals surface area contributed by atoms with Gasteiger partial charge in [-0.1, -0.05) is 18.2 Å². The highest BCUT2D eigenvalue weighted by atomic mass is 16.2. The predicted molar refractivity (Wildman–Crippen MR) is 101 cm³/mol. The zero-order chi connectivity index (χ0) is 17.5. The molecule has 2 aromatic rings. The second-order valence-electron chi connectivity index (χ2n) is 6.48. The van der Waals surface area contributed by atoms with Crippen LogP contribution in [0.5, 0.6) is 0 Å². The van der Waals surface area contributed by atoms with E-state index in [1.807, 2.05) is 25.1 Å². The molecule has 5 heteroatoms. The SMILES string of the molecule is CC(NC(=O)NCCc1ccccn1)c1cccc(N2CCCC2)c1. The molecule has 1 aromatic heterocycles. The van der Waals surface area contributed by atoms with E-state index >= 15 is 0 Å². The van der Waals surface area contributed by atoms with Gasteiger partial charge in [-0.2, -0.15) is 0 Å². The standard InChI is InChI=1S/C20H26N4O/c1-16(17-7-6-9-19(15-17)24-13-4-5-14-24)23-20(25)22-12-10-18-8-2-3-11-21-18/h2-3,6-9,11,15-16H,4-5,10,12-14H2,1H3,(H2,22,23,25). The maximum Gasteiger partial charge on any atom is 0.315 e. The van der Waals surface area contributed by atoms with Gasteiger partial charge < -0.3 is 15.5 Å². The highest BCUT2D eigenvalue weighted by Crippen LogP contribution is 2.23. The number of carbonyl (C=O) groups excluding carboxylic acids is 1. The molecular weight excluding hydrogens is 312 g/mol. The number of anilines is 1. The number of amides is 2. The van der Waals surface area contributed by atoms with Crippen LogP contribution in [0.15, 0.2) is 48.7 Å². The number of rotatable bonds is 6. The van der Waals surface area contributed by atoms with E-state index in [0.717, 1.165) is 30.8 Å². The van der Waals surface area contributed by atoms with E-state index in [1.54, 1.807) is 6.20 Å². The third kappa shape index (κ3) is 4.95. The Kier molecular flexibility index (Phi) is 5.88. The first-order valence-electron chi connectivity index (χ1n) is 9.01. The molecule has 1 aliphatic heterocycles. The number of nitrogens with zero attached hydrogens (tertiary/aromatic N) is 2. The van der Waals surface area contributed by atoms with Gasteiger partial charge in [-0.15, -0.1) is 0 Å². The van der Waals surface area contributed by atoms with Crippen LogP contribution in [0.3, 0.4) is 0 Å². The van der Waals surface area contributed by atoms with Crippen molar-refractivity contribution in [2.24, 2.45) is 0 Å². The van der Waals surface area contributed by atoms with Gasteiger partial charge in [-0.05, 0) is 49.6 Å². The molecule has 1 aromatic carbocycles. The van der Waals surface area contributed by atoms with E-state index in [4.69, 9.17) is 0 Å². The fourth-order valence-corrected chi connectivity index (χ4v) is 3.15. The second kappa shape index (κ2) is 8.51. The lowest BCUT2D eigenvalue weighted by Gasteiger charge is -2.21. The lowest BCUT2D eigenvalue weighted by molar-refractivity contribution is 0.238. The minimum absolute atomic E-state index is 0.0302. The summed E-state index contributed by atoms with van der Waals surface area (Å²) in [6.07, 6.45) is 5.02. The molecule has 0 bridgehead atoms. The van der Waals surface area contributed by atoms with Gasteiger partial charge in [0, 0.05) is 43.6 Å². The molecule has 0 saturated carbocycles. The Hall–Kier alpha value is -2.56. The normalized spacial score (nSPS) is 15.0. The van der Waals surface area contributed by atoms with Crippen LogP contribution in [0.4, 0.5) is 10.5 Å². The number of nitrogens with one attached hydrogen (secondary N) is 2. The van der Waals surface area contributed by atoms with Gasteiger partial charge in [0.05, 0.1) is 6.04 Å². The molecule has 5 nitrogen and oxygen atoms in total. The van der Waals surface area contributed by atoms with Gasteiger partial charge in [0.25, 0.3) is 0 Å². The first-order chi connectivity index (χ1) is 12.2. The van der Waals surface area contributed by atoms with Gasteiger partial charge >= 0.3 is 6.03 Å². The van der Waals surface area contributed by atoms with Gasteiger partial charge in [0.15, 0.2) is 0 Å². The summed E-state index contributed by atoms with van der Waals surface area (Å²) in [6.45, 7) is 4.84. The van der Waals surface area contributed by atoms with Crippen LogP contribution in [0.1, 0.15) is 37.1 Å². The molecule has 0 spiro atoms. The van der Waals surface area contributed by atoms with Crippen molar-refractivity contribution in [3.63, 3.8) is 0 Å². The van der Waals surface area contributed by atoms with Gasteiger partial charge in [-0.3, -0.25) is 4.98 Å². The highest BCUT2D eigenvalue weighted by Gasteiger charge is 2.14. The lowest BCUT2D eigenvalue weighted by atomic mass is 10.1. The predicted octanol–water partition coefficient (Wildman–Crippen LogP) is 3.28. The van der Waals surface area contributed by atoms with E-state index in [2.05, 4.69) is 44.8 Å². The molecule has 1 aliphatic rings. The van der Waals surface area contributed by atoms with Crippen LogP contribution in [-0.4, -0.2) is 30.6 Å². The van der Waals surface area contributed by atoms with Gasteiger partial charge in [0.1, 0.15) is 0 Å². The lowest BCUT2D eigenvalue weighted by Crippen LogP contribution is -2.38. The average molecular weight is 338 g/mol. The number of hydrogen-bond acceptors (Lipinski definition) is 3. The Labute approximate surface area is 149 Å². The number of hydrogen-bond donors (Lipinski definition) is 2. The molecule has 2 amide bonds. The largest absolute Gasteiger partial charge is 0.372 e. The van der Waals surface area contributed by atoms with E-state index in [9.17, 15) is 4.79 Å². The number of benzene rings is 1. The Bertz CT molecular complexity index is 683. The Morgan fingerprint density at radius 1 is 1.20 bits per heavy atom. The summed E-state index contributed by atoms with van der Waals surface area (Å²) in [6, 6.07) is 14.1. The minimum Gasteiger partial charge on any atom is -0.372 e. The van der Waals surface area contributed by atoms with Crippen molar-refractivity contribution in [3.8, 4) is 0 Å². The van der Waals surface area contributed by atoms with Crippen molar-refractivity contribution >= 4 is 11.7 Å². The molecule has 1 atom stereocenters. The van der Waals surface area contributed by atoms with Crippen molar-refractivity contribution in [3.05, 3.63) is 59.9 Å². The zero-order valence-electron chi connectivity index (χ0n) is 14.7. The maximum atomic E-state index is 12.1. The van der Waals surface area contributed by atoms with Crippen molar-refractivity contribution < 1.29 is 4.79 Å². The summed E-state index contributed by atoms with van der Waals surface area (Å²) in [5.41, 5.74) is 3.36. The summed E-state index contributed by atoms with van der Waals surface area (Å²) in [5.74, 6) is 0. The Balaban J connectivity index is 1.48. The number of pyridine rings is 1. The zero-order valence-corrected chi connectivity index (χ0v) is 14.7. The molecule has 0 aliphatic carbocycles. The van der Waals surface area contributed by atoms with Crippen LogP contribution in [-0.2, 0) is 6.42 Å². The summed E-state index contributed by atoms with van der Waals surface area (Å²) in [5, 5.41) is 5.91. The second-order valence-corrected chi connectivity index (χ2v) is 6.48. The summed E-state index contributed by atoms with van der Waals surface area (Å²) >= 11 is 0. The van der Waals surface area contributed by atoms with E-state index in [0.29, 0.717) is 6.54 Å². The first kappa shape index (κ1) is 17.3. The summed E-state index contributed by atoms with van der Waals surface area (Å²) in [7, 11) is 0. The van der Waals surface area contributed by atoms with Gasteiger partial charge in [-0.25, -0.2) is 4.79 Å². The van der Waals surface area contributed by atoms with Crippen molar-refractivity contribution in [2.75, 3.05) is 24.5 Å². The molecular formula is C20H26N4O. The molecule has 2 heterocycles. The molecule has 0 radical (unpaired) electrons. The van der Waals surface area contributed by atoms with Gasteiger partial charge in [0.2, 0.25) is 0 Å². The Morgan fingerprint density at radius 3 is 2.80 bits per heavy atom. The highest BCUT2D eigenvalue weighted by molar-refractivity contribution is 5.74. The third-order valence-corrected chi connectivity index (χ3v) is 4.58. The minimum atomic E-state index is -0.144. The number of urea groups is 1. The summed E-state index contributed by atoms with van der Waals surface area (Å²) in [4.78, 5) is 18.8. The molecule has 1 fully saturated rings. The van der Waals surface area contributed by atoms with Crippen molar-refractivity contribution in [1.29, 1.82) is 0 Å². The van der Waals surface area contributed by atoms with E-state index in [1.165, 1.54) is 18.5 Å². The molecule has 2 N–H and O–H groups in total. The first-order valence-corrected chi connectivity index (χ1v) is 9.01. The topological polar surface area (TPSA) is 57.3 Å². The fraction of sp³-hybridized carbons (Fsp3) is 0.400.